The Morgan fingerprint density at radius 3 is 1.43 bits per heavy atom. The zero-order valence-corrected chi connectivity index (χ0v) is 34.3. The summed E-state index contributed by atoms with van der Waals surface area (Å²) in [6.07, 6.45) is 8.71. The third-order valence-electron chi connectivity index (χ3n) is 11.4. The summed E-state index contributed by atoms with van der Waals surface area (Å²) >= 11 is 0. The normalized spacial score (nSPS) is 12.9. The zero-order chi connectivity index (χ0) is 40.7. The van der Waals surface area contributed by atoms with Crippen LogP contribution >= 0.6 is 0 Å². The summed E-state index contributed by atoms with van der Waals surface area (Å²) in [7, 11) is 0. The Balaban J connectivity index is 1.26. The van der Waals surface area contributed by atoms with Crippen LogP contribution in [0.5, 0.6) is 0 Å². The molecule has 0 unspecified atom stereocenters. The molecule has 60 heavy (non-hydrogen) atoms. The minimum Gasteiger partial charge on any atom is -0.292 e. The molecule has 0 N–H and O–H groups in total. The molecular formula is C53H45N7. The van der Waals surface area contributed by atoms with Crippen LogP contribution in [0.3, 0.4) is 0 Å². The summed E-state index contributed by atoms with van der Waals surface area (Å²) < 4.78 is 4.54. The summed E-state index contributed by atoms with van der Waals surface area (Å²) in [5.74, 6) is 4.38. The number of hydrogen-bond acceptors (Lipinski definition) is 5. The first-order valence-corrected chi connectivity index (χ1v) is 20.9. The molecule has 0 radical (unpaired) electrons. The number of imidazole rings is 2. The molecule has 7 heteroatoms. The number of nitrogens with zero attached hydrogens (tertiary/aromatic N) is 7. The van der Waals surface area contributed by atoms with Gasteiger partial charge in [-0.15, -0.1) is 0 Å². The summed E-state index contributed by atoms with van der Waals surface area (Å²) in [6, 6.07) is 50.9. The van der Waals surface area contributed by atoms with Crippen LogP contribution in [0.4, 0.5) is 0 Å². The lowest BCUT2D eigenvalue weighted by Crippen LogP contribution is -2.06. The number of rotatable bonds is 9. The predicted octanol–water partition coefficient (Wildman–Crippen LogP) is 13.2. The molecule has 0 saturated heterocycles. The molecule has 0 aliphatic heterocycles. The van der Waals surface area contributed by atoms with Gasteiger partial charge in [0.1, 0.15) is 11.6 Å². The van der Waals surface area contributed by atoms with Gasteiger partial charge in [0.05, 0.1) is 33.4 Å². The van der Waals surface area contributed by atoms with Gasteiger partial charge in [0.25, 0.3) is 0 Å². The highest BCUT2D eigenvalue weighted by Crippen LogP contribution is 2.36. The van der Waals surface area contributed by atoms with Gasteiger partial charge in [-0.1, -0.05) is 149 Å². The smallest absolute Gasteiger partial charge is 0.164 e. The largest absolute Gasteiger partial charge is 0.292 e. The quantitative estimate of drug-likeness (QED) is 0.146. The monoisotopic (exact) mass is 779 g/mol. The van der Waals surface area contributed by atoms with Gasteiger partial charge in [0.2, 0.25) is 0 Å². The van der Waals surface area contributed by atoms with Gasteiger partial charge in [0, 0.05) is 27.8 Å². The van der Waals surface area contributed by atoms with Crippen LogP contribution in [-0.2, 0) is 0 Å². The van der Waals surface area contributed by atoms with Gasteiger partial charge < -0.3 is 0 Å². The minimum atomic E-state index is 0.410. The van der Waals surface area contributed by atoms with Crippen LogP contribution in [0, 0.1) is 0 Å². The fourth-order valence-corrected chi connectivity index (χ4v) is 8.11. The average molecular weight is 780 g/mol. The van der Waals surface area contributed by atoms with Gasteiger partial charge in [-0.25, -0.2) is 24.9 Å². The van der Waals surface area contributed by atoms with E-state index in [2.05, 4.69) is 189 Å². The third-order valence-corrected chi connectivity index (χ3v) is 11.4. The molecule has 6 aromatic carbocycles. The van der Waals surface area contributed by atoms with Crippen molar-refractivity contribution in [2.24, 2.45) is 0 Å². The van der Waals surface area contributed by atoms with E-state index in [0.29, 0.717) is 29.3 Å². The lowest BCUT2D eigenvalue weighted by atomic mass is 10.0. The lowest BCUT2D eigenvalue weighted by molar-refractivity contribution is 0.866. The second kappa shape index (κ2) is 15.5. The van der Waals surface area contributed by atoms with Crippen LogP contribution in [0.1, 0.15) is 69.3 Å². The first-order chi connectivity index (χ1) is 29.4. The Kier molecular flexibility index (Phi) is 9.57. The van der Waals surface area contributed by atoms with E-state index in [1.165, 1.54) is 11.1 Å². The molecule has 0 saturated carbocycles. The fourth-order valence-electron chi connectivity index (χ4n) is 8.11. The second-order valence-corrected chi connectivity index (χ2v) is 16.1. The molecule has 0 amide bonds. The Morgan fingerprint density at radius 1 is 0.433 bits per heavy atom. The second-order valence-electron chi connectivity index (χ2n) is 16.1. The predicted molar refractivity (Wildman–Crippen MR) is 245 cm³/mol. The van der Waals surface area contributed by atoms with Crippen LogP contribution in [0.25, 0.3) is 84.6 Å². The molecule has 0 atom stereocenters. The molecule has 3 aromatic heterocycles. The summed E-state index contributed by atoms with van der Waals surface area (Å²) in [5, 5.41) is 0. The average Bonchev–Trinajstić information content (AvgIpc) is 3.89. The Hall–Kier alpha value is -7.25. The molecule has 0 bridgehead atoms. The van der Waals surface area contributed by atoms with Crippen LogP contribution in [0.15, 0.2) is 164 Å². The molecule has 7 nitrogen and oxygen atoms in total. The molecule has 9 aromatic rings. The Bertz CT molecular complexity index is 3010. The van der Waals surface area contributed by atoms with Gasteiger partial charge in [0.15, 0.2) is 17.5 Å². The Labute approximate surface area is 350 Å². The zero-order valence-electron chi connectivity index (χ0n) is 34.3. The van der Waals surface area contributed by atoms with Crippen molar-refractivity contribution in [3.05, 3.63) is 181 Å². The van der Waals surface area contributed by atoms with E-state index in [1.54, 1.807) is 0 Å². The van der Waals surface area contributed by atoms with Gasteiger partial charge >= 0.3 is 0 Å². The van der Waals surface area contributed by atoms with E-state index in [9.17, 15) is 0 Å². The highest BCUT2D eigenvalue weighted by atomic mass is 15.1. The number of aromatic nitrogens is 7. The highest BCUT2D eigenvalue weighted by Gasteiger charge is 2.22. The minimum absolute atomic E-state index is 0.410. The third kappa shape index (κ3) is 6.92. The number of fused-ring (bicyclic) bond motifs is 2. The molecule has 10 rings (SSSR count). The van der Waals surface area contributed by atoms with Crippen molar-refractivity contribution in [1.82, 2.24) is 34.1 Å². The molecule has 0 spiro atoms. The standard InChI is InChI=1S/C53H45N7/c1-34(2)36-23-27-38(28-24-36)49-56-50(39-29-25-37(26-30-39)35(3)4)58-51(57-49)42-31-43(59-47-21-13-11-19-45(47)54-52(59)40-15-7-5-8-16-40)33-44(32-42)60-48-22-14-12-20-46(48)55-53(60)41-17-9-6-10-18-41/h5,7-9,11-35H,6,10H2,1-4H3. The van der Waals surface area contributed by atoms with Crippen LogP contribution < -0.4 is 0 Å². The number of para-hydroxylation sites is 4. The maximum Gasteiger partial charge on any atom is 0.164 e. The van der Waals surface area contributed by atoms with Crippen molar-refractivity contribution in [3.63, 3.8) is 0 Å². The molecule has 1 aliphatic carbocycles. The van der Waals surface area contributed by atoms with E-state index in [4.69, 9.17) is 24.9 Å². The van der Waals surface area contributed by atoms with Gasteiger partial charge in [-0.05, 0) is 78.3 Å². The molecule has 0 fully saturated rings. The first kappa shape index (κ1) is 37.0. The van der Waals surface area contributed by atoms with E-state index in [1.807, 2.05) is 12.1 Å². The number of allylic oxidation sites excluding steroid dienone is 4. The number of benzene rings is 6. The van der Waals surface area contributed by atoms with E-state index in [0.717, 1.165) is 85.8 Å². The summed E-state index contributed by atoms with van der Waals surface area (Å²) in [6.45, 7) is 8.84. The van der Waals surface area contributed by atoms with Crippen LogP contribution in [0.2, 0.25) is 0 Å². The summed E-state index contributed by atoms with van der Waals surface area (Å²) in [5.41, 5.74) is 13.1. The van der Waals surface area contributed by atoms with Crippen molar-refractivity contribution in [2.45, 2.75) is 52.4 Å². The first-order valence-electron chi connectivity index (χ1n) is 20.9. The Morgan fingerprint density at radius 2 is 0.917 bits per heavy atom. The molecular weight excluding hydrogens is 735 g/mol. The maximum atomic E-state index is 5.29. The van der Waals surface area contributed by atoms with Crippen molar-refractivity contribution in [2.75, 3.05) is 0 Å². The van der Waals surface area contributed by atoms with Crippen molar-refractivity contribution < 1.29 is 0 Å². The van der Waals surface area contributed by atoms with Crippen molar-refractivity contribution in [1.29, 1.82) is 0 Å². The molecule has 3 heterocycles. The SMILES string of the molecule is CC(C)c1ccc(-c2nc(-c3ccc(C(C)C)cc3)nc(-c3cc(-n4c(C5=CCCC=C5)nc5ccccc54)cc(-n4c(-c5ccccc5)nc5ccccc54)c3)n2)cc1. The van der Waals surface area contributed by atoms with Crippen molar-refractivity contribution in [3.8, 4) is 56.9 Å². The maximum absolute atomic E-state index is 5.29. The topological polar surface area (TPSA) is 74.3 Å². The fraction of sp³-hybridized carbons (Fsp3) is 0.151. The highest BCUT2D eigenvalue weighted by molar-refractivity contribution is 5.87. The van der Waals surface area contributed by atoms with Crippen LogP contribution in [-0.4, -0.2) is 34.1 Å². The number of hydrogen-bond donors (Lipinski definition) is 0. The van der Waals surface area contributed by atoms with E-state index < -0.39 is 0 Å². The van der Waals surface area contributed by atoms with E-state index >= 15 is 0 Å². The molecule has 1 aliphatic rings. The van der Waals surface area contributed by atoms with Gasteiger partial charge in [-0.3, -0.25) is 9.13 Å². The summed E-state index contributed by atoms with van der Waals surface area (Å²) in [4.78, 5) is 26.2. The van der Waals surface area contributed by atoms with Gasteiger partial charge in [-0.2, -0.15) is 0 Å². The molecule has 292 valence electrons. The van der Waals surface area contributed by atoms with E-state index in [-0.39, 0.29) is 0 Å². The van der Waals surface area contributed by atoms with Crippen molar-refractivity contribution >= 4 is 27.6 Å². The lowest BCUT2D eigenvalue weighted by Gasteiger charge is -2.17.